The van der Waals surface area contributed by atoms with Gasteiger partial charge in [0.15, 0.2) is 0 Å². The van der Waals surface area contributed by atoms with Gasteiger partial charge < -0.3 is 10.1 Å². The number of amides is 1. The second-order valence-corrected chi connectivity index (χ2v) is 11.2. The number of nitrogens with zero attached hydrogens (tertiary/aromatic N) is 1. The Morgan fingerprint density at radius 1 is 1.00 bits per heavy atom. The van der Waals surface area contributed by atoms with E-state index in [4.69, 9.17) is 4.74 Å². The van der Waals surface area contributed by atoms with Crippen molar-refractivity contribution >= 4 is 33.0 Å². The highest BCUT2D eigenvalue weighted by molar-refractivity contribution is 7.91. The van der Waals surface area contributed by atoms with E-state index in [1.165, 1.54) is 21.2 Å². The Labute approximate surface area is 199 Å². The number of nitrogens with one attached hydrogen (secondary N) is 1. The van der Waals surface area contributed by atoms with E-state index < -0.39 is 10.0 Å². The van der Waals surface area contributed by atoms with Crippen molar-refractivity contribution in [2.24, 2.45) is 0 Å². The van der Waals surface area contributed by atoms with E-state index in [2.05, 4.69) is 12.2 Å². The quantitative estimate of drug-likeness (QED) is 0.487. The molecule has 8 heteroatoms. The third-order valence-corrected chi connectivity index (χ3v) is 9.11. The number of morpholine rings is 1. The van der Waals surface area contributed by atoms with Gasteiger partial charge in [-0.3, -0.25) is 4.79 Å². The average molecular weight is 485 g/mol. The molecule has 1 aromatic heterocycles. The largest absolute Gasteiger partial charge is 0.379 e. The van der Waals surface area contributed by atoms with Crippen LogP contribution in [0.3, 0.4) is 0 Å². The number of hydrogen-bond acceptors (Lipinski definition) is 5. The third-order valence-electron chi connectivity index (χ3n) is 5.61. The Morgan fingerprint density at radius 2 is 1.70 bits per heavy atom. The summed E-state index contributed by atoms with van der Waals surface area (Å²) in [5.41, 5.74) is 3.46. The van der Waals surface area contributed by atoms with Crippen molar-refractivity contribution in [2.45, 2.75) is 30.4 Å². The number of sulfonamides is 1. The van der Waals surface area contributed by atoms with Gasteiger partial charge in [0.1, 0.15) is 4.21 Å². The van der Waals surface area contributed by atoms with Crippen LogP contribution in [0.15, 0.2) is 64.9 Å². The summed E-state index contributed by atoms with van der Waals surface area (Å²) in [5.74, 6) is -0.176. The number of carbonyl (C=O) groups is 1. The van der Waals surface area contributed by atoms with Gasteiger partial charge in [-0.1, -0.05) is 37.6 Å². The van der Waals surface area contributed by atoms with Crippen molar-refractivity contribution in [1.29, 1.82) is 0 Å². The van der Waals surface area contributed by atoms with Crippen molar-refractivity contribution in [1.82, 2.24) is 4.31 Å². The lowest BCUT2D eigenvalue weighted by Gasteiger charge is -2.25. The number of benzene rings is 2. The van der Waals surface area contributed by atoms with E-state index in [0.717, 1.165) is 35.4 Å². The molecular weight excluding hydrogens is 456 g/mol. The molecule has 2 heterocycles. The number of ether oxygens (including phenoxy) is 1. The zero-order valence-electron chi connectivity index (χ0n) is 18.6. The highest BCUT2D eigenvalue weighted by Gasteiger charge is 2.27. The summed E-state index contributed by atoms with van der Waals surface area (Å²) in [6, 6.07) is 18.6. The van der Waals surface area contributed by atoms with Gasteiger partial charge in [-0.25, -0.2) is 8.42 Å². The van der Waals surface area contributed by atoms with Gasteiger partial charge >= 0.3 is 0 Å². The Hall–Kier alpha value is -2.52. The van der Waals surface area contributed by atoms with Gasteiger partial charge in [-0.2, -0.15) is 4.31 Å². The van der Waals surface area contributed by atoms with Crippen LogP contribution in [0.1, 0.15) is 35.7 Å². The molecule has 0 saturated carbocycles. The zero-order valence-corrected chi connectivity index (χ0v) is 20.3. The standard InChI is InChI=1S/C25H28N2O4S2/c1-2-3-4-19-5-11-22(12-6-19)26-25(28)21-9-7-20(8-10-21)23-13-14-24(32-23)33(29,30)27-15-17-31-18-16-27/h5-14H,2-4,15-18H2,1H3,(H,26,28). The lowest BCUT2D eigenvalue weighted by Crippen LogP contribution is -2.40. The fourth-order valence-corrected chi connectivity index (χ4v) is 6.53. The number of carbonyl (C=O) groups excluding carboxylic acids is 1. The van der Waals surface area contributed by atoms with Crippen molar-refractivity contribution in [2.75, 3.05) is 31.6 Å². The van der Waals surface area contributed by atoms with E-state index in [0.29, 0.717) is 36.1 Å². The molecule has 2 aromatic carbocycles. The monoisotopic (exact) mass is 484 g/mol. The molecule has 1 amide bonds. The molecule has 3 aromatic rings. The van der Waals surface area contributed by atoms with Crippen molar-refractivity contribution in [3.8, 4) is 10.4 Å². The molecule has 1 aliphatic rings. The molecular formula is C25H28N2O4S2. The zero-order chi connectivity index (χ0) is 23.3. The van der Waals surface area contributed by atoms with Crippen LogP contribution in [0.4, 0.5) is 5.69 Å². The minimum atomic E-state index is -3.51. The molecule has 4 rings (SSSR count). The summed E-state index contributed by atoms with van der Waals surface area (Å²) in [6.45, 7) is 3.76. The molecule has 0 radical (unpaired) electrons. The number of unbranched alkanes of at least 4 members (excludes halogenated alkanes) is 1. The van der Waals surface area contributed by atoms with Gasteiger partial charge in [0.2, 0.25) is 0 Å². The SMILES string of the molecule is CCCCc1ccc(NC(=O)c2ccc(-c3ccc(S(=O)(=O)N4CCOCC4)s3)cc2)cc1. The van der Waals surface area contributed by atoms with Crippen molar-refractivity contribution in [3.05, 3.63) is 71.8 Å². The Balaban J connectivity index is 1.41. The average Bonchev–Trinajstić information content (AvgIpc) is 3.36. The molecule has 1 fully saturated rings. The van der Waals surface area contributed by atoms with Crippen LogP contribution < -0.4 is 5.32 Å². The summed E-state index contributed by atoms with van der Waals surface area (Å²) in [7, 11) is -3.51. The van der Waals surface area contributed by atoms with Crippen LogP contribution in [0.5, 0.6) is 0 Å². The van der Waals surface area contributed by atoms with Crippen LogP contribution in [0.2, 0.25) is 0 Å². The lowest BCUT2D eigenvalue weighted by atomic mass is 10.1. The van der Waals surface area contributed by atoms with Crippen LogP contribution in [0, 0.1) is 0 Å². The smallest absolute Gasteiger partial charge is 0.255 e. The number of aryl methyl sites for hydroxylation is 1. The first-order chi connectivity index (χ1) is 16.0. The lowest BCUT2D eigenvalue weighted by molar-refractivity contribution is 0.0731. The highest BCUT2D eigenvalue weighted by atomic mass is 32.2. The third kappa shape index (κ3) is 5.70. The summed E-state index contributed by atoms with van der Waals surface area (Å²) >= 11 is 1.24. The Morgan fingerprint density at radius 3 is 2.36 bits per heavy atom. The molecule has 1 saturated heterocycles. The minimum Gasteiger partial charge on any atom is -0.379 e. The first-order valence-corrected chi connectivity index (χ1v) is 13.4. The molecule has 0 atom stereocenters. The van der Waals surface area contributed by atoms with E-state index in [9.17, 15) is 13.2 Å². The Kier molecular flexibility index (Phi) is 7.60. The van der Waals surface area contributed by atoms with Crippen LogP contribution in [0.25, 0.3) is 10.4 Å². The van der Waals surface area contributed by atoms with Crippen LogP contribution >= 0.6 is 11.3 Å². The normalized spacial score (nSPS) is 14.8. The maximum Gasteiger partial charge on any atom is 0.255 e. The second-order valence-electron chi connectivity index (χ2n) is 7.97. The fourth-order valence-electron chi connectivity index (χ4n) is 3.65. The highest BCUT2D eigenvalue weighted by Crippen LogP contribution is 2.32. The number of hydrogen-bond donors (Lipinski definition) is 1. The van der Waals surface area contributed by atoms with Gasteiger partial charge in [-0.05, 0) is 60.4 Å². The topological polar surface area (TPSA) is 75.7 Å². The number of rotatable bonds is 8. The predicted molar refractivity (Wildman–Crippen MR) is 132 cm³/mol. The molecule has 0 aliphatic carbocycles. The Bertz CT molecular complexity index is 1180. The predicted octanol–water partition coefficient (Wildman–Crippen LogP) is 5.03. The summed E-state index contributed by atoms with van der Waals surface area (Å²) < 4.78 is 32.7. The molecule has 6 nitrogen and oxygen atoms in total. The van der Waals surface area contributed by atoms with Crippen molar-refractivity contribution in [3.63, 3.8) is 0 Å². The van der Waals surface area contributed by atoms with E-state index in [1.807, 2.05) is 42.5 Å². The second kappa shape index (κ2) is 10.6. The minimum absolute atomic E-state index is 0.176. The summed E-state index contributed by atoms with van der Waals surface area (Å²) in [6.07, 6.45) is 3.36. The molecule has 0 unspecified atom stereocenters. The maximum atomic E-state index is 12.8. The van der Waals surface area contributed by atoms with Gasteiger partial charge in [0, 0.05) is 29.2 Å². The molecule has 0 bridgehead atoms. The van der Waals surface area contributed by atoms with E-state index >= 15 is 0 Å². The summed E-state index contributed by atoms with van der Waals surface area (Å²) in [4.78, 5) is 13.5. The van der Waals surface area contributed by atoms with E-state index in [-0.39, 0.29) is 5.91 Å². The first-order valence-electron chi connectivity index (χ1n) is 11.2. The molecule has 33 heavy (non-hydrogen) atoms. The fraction of sp³-hybridized carbons (Fsp3) is 0.320. The van der Waals surface area contributed by atoms with Crippen molar-refractivity contribution < 1.29 is 17.9 Å². The van der Waals surface area contributed by atoms with Gasteiger partial charge in [-0.15, -0.1) is 11.3 Å². The van der Waals surface area contributed by atoms with Gasteiger partial charge in [0.05, 0.1) is 13.2 Å². The molecule has 174 valence electrons. The number of anilines is 1. The molecule has 0 spiro atoms. The van der Waals surface area contributed by atoms with Gasteiger partial charge in [0.25, 0.3) is 15.9 Å². The number of thiophene rings is 1. The van der Waals surface area contributed by atoms with E-state index in [1.54, 1.807) is 18.2 Å². The summed E-state index contributed by atoms with van der Waals surface area (Å²) in [5, 5.41) is 2.93. The molecule has 1 N–H and O–H groups in total. The maximum absolute atomic E-state index is 12.8. The molecule has 1 aliphatic heterocycles. The van der Waals surface area contributed by atoms with Crippen LogP contribution in [-0.4, -0.2) is 44.9 Å². The first kappa shape index (κ1) is 23.6. The van der Waals surface area contributed by atoms with Crippen LogP contribution in [-0.2, 0) is 21.2 Å².